The Morgan fingerprint density at radius 1 is 1.21 bits per heavy atom. The van der Waals surface area contributed by atoms with E-state index in [-0.39, 0.29) is 16.7 Å². The molecule has 176 valence electrons. The minimum Gasteiger partial charge on any atom is -0.355 e. The maximum Gasteiger partial charge on any atom is 0.435 e. The van der Waals surface area contributed by atoms with Crippen LogP contribution in [0.2, 0.25) is 10.0 Å². The summed E-state index contributed by atoms with van der Waals surface area (Å²) in [7, 11) is 0. The molecule has 0 spiro atoms. The molecular weight excluding hydrogens is 476 g/mol. The molecule has 1 aromatic carbocycles. The average molecular weight is 499 g/mol. The lowest BCUT2D eigenvalue weighted by Gasteiger charge is -2.31. The van der Waals surface area contributed by atoms with Crippen LogP contribution in [0.15, 0.2) is 40.9 Å². The van der Waals surface area contributed by atoms with Crippen molar-refractivity contribution in [3.63, 3.8) is 0 Å². The minimum atomic E-state index is -4.64. The summed E-state index contributed by atoms with van der Waals surface area (Å²) in [4.78, 5) is 17.5. The van der Waals surface area contributed by atoms with Crippen molar-refractivity contribution >= 4 is 40.6 Å². The molecule has 5 nitrogen and oxygen atoms in total. The molecule has 2 heterocycles. The third kappa shape index (κ3) is 5.11. The number of hydrogen-bond donors (Lipinski definition) is 1. The normalized spacial score (nSPS) is 20.7. The van der Waals surface area contributed by atoms with Crippen LogP contribution in [0.1, 0.15) is 56.3 Å². The summed E-state index contributed by atoms with van der Waals surface area (Å²) < 4.78 is 41.3. The number of amides is 1. The number of carbonyl (C=O) groups excluding carboxylic acids is 1. The molecule has 1 aliphatic carbocycles. The van der Waals surface area contributed by atoms with E-state index in [9.17, 15) is 18.0 Å². The van der Waals surface area contributed by atoms with Gasteiger partial charge in [0.2, 0.25) is 5.91 Å². The van der Waals surface area contributed by atoms with Gasteiger partial charge in [0, 0.05) is 18.3 Å². The van der Waals surface area contributed by atoms with E-state index in [1.165, 1.54) is 12.0 Å². The second kappa shape index (κ2) is 9.50. The summed E-state index contributed by atoms with van der Waals surface area (Å²) >= 11 is 12.2. The Labute approximate surface area is 199 Å². The van der Waals surface area contributed by atoms with Crippen molar-refractivity contribution in [2.24, 2.45) is 10.9 Å². The maximum atomic E-state index is 13.4. The lowest BCUT2D eigenvalue weighted by Crippen LogP contribution is -2.42. The first-order valence-corrected chi connectivity index (χ1v) is 11.5. The fraction of sp³-hybridized carbons (Fsp3) is 0.435. The van der Waals surface area contributed by atoms with Crippen molar-refractivity contribution in [2.45, 2.75) is 51.2 Å². The Bertz CT molecular complexity index is 1120. The van der Waals surface area contributed by atoms with E-state index in [1.807, 2.05) is 0 Å². The van der Waals surface area contributed by atoms with E-state index in [4.69, 9.17) is 23.2 Å². The molecule has 0 bridgehead atoms. The van der Waals surface area contributed by atoms with Crippen LogP contribution in [0.5, 0.6) is 0 Å². The first kappa shape index (κ1) is 23.8. The Hall–Kier alpha value is -2.32. The highest BCUT2D eigenvalue weighted by atomic mass is 35.5. The third-order valence-electron chi connectivity index (χ3n) is 6.02. The van der Waals surface area contributed by atoms with Crippen LogP contribution < -0.4 is 5.32 Å². The van der Waals surface area contributed by atoms with E-state index in [0.29, 0.717) is 22.8 Å². The number of rotatable bonds is 5. The molecule has 1 aliphatic heterocycles. The number of aromatic nitrogens is 2. The van der Waals surface area contributed by atoms with Gasteiger partial charge >= 0.3 is 6.18 Å². The quantitative estimate of drug-likeness (QED) is 0.476. The molecule has 1 N–H and O–H groups in total. The number of nitrogens with zero attached hydrogens (tertiary/aromatic N) is 3. The second-order valence-corrected chi connectivity index (χ2v) is 9.14. The van der Waals surface area contributed by atoms with E-state index in [2.05, 4.69) is 21.5 Å². The molecule has 1 amide bonds. The molecule has 4 rings (SSSR count). The van der Waals surface area contributed by atoms with Crippen LogP contribution in [0.25, 0.3) is 0 Å². The highest BCUT2D eigenvalue weighted by Gasteiger charge is 2.42. The molecule has 2 aliphatic rings. The zero-order valence-corrected chi connectivity index (χ0v) is 19.4. The van der Waals surface area contributed by atoms with Crippen LogP contribution in [0.3, 0.4) is 0 Å². The lowest BCUT2D eigenvalue weighted by atomic mass is 9.87. The van der Waals surface area contributed by atoms with Gasteiger partial charge in [0.05, 0.1) is 16.1 Å². The number of benzene rings is 1. The Balaban J connectivity index is 1.66. The molecule has 1 aromatic heterocycles. The molecule has 33 heavy (non-hydrogen) atoms. The van der Waals surface area contributed by atoms with Crippen molar-refractivity contribution in [3.05, 3.63) is 57.2 Å². The van der Waals surface area contributed by atoms with Crippen molar-refractivity contribution in [1.82, 2.24) is 15.1 Å². The number of hydrogen-bond acceptors (Lipinski definition) is 3. The highest BCUT2D eigenvalue weighted by Crippen LogP contribution is 2.41. The van der Waals surface area contributed by atoms with E-state index in [0.717, 1.165) is 36.4 Å². The van der Waals surface area contributed by atoms with E-state index in [1.54, 1.807) is 25.1 Å². The average Bonchev–Trinajstić information content (AvgIpc) is 3.19. The van der Waals surface area contributed by atoms with Gasteiger partial charge in [-0.3, -0.25) is 4.79 Å². The summed E-state index contributed by atoms with van der Waals surface area (Å²) in [5.74, 6) is -1.14. The molecular formula is C23H23Cl2F3N4O. The molecule has 0 saturated carbocycles. The van der Waals surface area contributed by atoms with Crippen LogP contribution in [0, 0.1) is 5.92 Å². The molecule has 2 unspecified atom stereocenters. The lowest BCUT2D eigenvalue weighted by molar-refractivity contribution is -0.141. The van der Waals surface area contributed by atoms with Gasteiger partial charge in [0.25, 0.3) is 0 Å². The summed E-state index contributed by atoms with van der Waals surface area (Å²) in [6, 6.07) is 4.79. The molecule has 0 saturated heterocycles. The minimum absolute atomic E-state index is 0.0345. The van der Waals surface area contributed by atoms with Crippen molar-refractivity contribution in [1.29, 1.82) is 0 Å². The first-order valence-electron chi connectivity index (χ1n) is 10.8. The molecule has 10 heteroatoms. The summed E-state index contributed by atoms with van der Waals surface area (Å²) in [5, 5.41) is 7.26. The molecule has 2 aromatic rings. The van der Waals surface area contributed by atoms with Gasteiger partial charge in [0.15, 0.2) is 11.5 Å². The van der Waals surface area contributed by atoms with Gasteiger partial charge in [-0.25, -0.2) is 9.67 Å². The molecule has 2 atom stereocenters. The van der Waals surface area contributed by atoms with Crippen LogP contribution >= 0.6 is 23.2 Å². The van der Waals surface area contributed by atoms with Gasteiger partial charge in [-0.15, -0.1) is 0 Å². The molecule has 0 fully saturated rings. The summed E-state index contributed by atoms with van der Waals surface area (Å²) in [6.07, 6.45) is 2.75. The van der Waals surface area contributed by atoms with Gasteiger partial charge in [0.1, 0.15) is 5.92 Å². The Morgan fingerprint density at radius 3 is 2.67 bits per heavy atom. The topological polar surface area (TPSA) is 59.3 Å². The number of halogens is 5. The number of allylic oxidation sites excluding steroid dienone is 1. The van der Waals surface area contributed by atoms with E-state index < -0.39 is 23.8 Å². The Kier molecular flexibility index (Phi) is 6.86. The zero-order chi connectivity index (χ0) is 23.8. The number of fused-ring (bicyclic) bond motifs is 1. The summed E-state index contributed by atoms with van der Waals surface area (Å²) in [6.45, 7) is 2.09. The standard InChI is InChI=1S/C23H23Cl2F3N4O/c1-13-20(22(33)29-10-9-14-5-3-2-4-6-14)21(15-7-8-16(24)17(25)11-15)32-19(30-13)12-18(31-32)23(26,27)28/h5,7-8,11-12,20-21H,2-4,6,9-10H2,1H3,(H,29,33). The fourth-order valence-corrected chi connectivity index (χ4v) is 4.69. The predicted molar refractivity (Wildman–Crippen MR) is 122 cm³/mol. The van der Waals surface area contributed by atoms with Crippen LogP contribution in [-0.2, 0) is 11.0 Å². The fourth-order valence-electron chi connectivity index (χ4n) is 4.38. The number of alkyl halides is 3. The van der Waals surface area contributed by atoms with Gasteiger partial charge in [-0.1, -0.05) is 40.9 Å². The molecule has 0 radical (unpaired) electrons. The highest BCUT2D eigenvalue weighted by molar-refractivity contribution is 6.42. The SMILES string of the molecule is CC1=Nc2cc(C(F)(F)F)nn2C(c2ccc(Cl)c(Cl)c2)C1C(=O)NCCC1=CCCCC1. The monoisotopic (exact) mass is 498 g/mol. The Morgan fingerprint density at radius 2 is 2.00 bits per heavy atom. The smallest absolute Gasteiger partial charge is 0.355 e. The number of nitrogens with one attached hydrogen (secondary N) is 1. The van der Waals surface area contributed by atoms with Crippen molar-refractivity contribution in [3.8, 4) is 0 Å². The van der Waals surface area contributed by atoms with Gasteiger partial charge < -0.3 is 5.32 Å². The summed E-state index contributed by atoms with van der Waals surface area (Å²) in [5.41, 5.74) is 1.18. The van der Waals surface area contributed by atoms with Gasteiger partial charge in [-0.05, 0) is 56.7 Å². The van der Waals surface area contributed by atoms with Crippen LogP contribution in [-0.4, -0.2) is 27.9 Å². The van der Waals surface area contributed by atoms with E-state index >= 15 is 0 Å². The van der Waals surface area contributed by atoms with Crippen molar-refractivity contribution in [2.75, 3.05) is 6.54 Å². The van der Waals surface area contributed by atoms with Crippen molar-refractivity contribution < 1.29 is 18.0 Å². The maximum absolute atomic E-state index is 13.4. The number of carbonyl (C=O) groups is 1. The van der Waals surface area contributed by atoms with Gasteiger partial charge in [-0.2, -0.15) is 18.3 Å². The largest absolute Gasteiger partial charge is 0.435 e. The number of aliphatic imine (C=N–C) groups is 1. The predicted octanol–water partition coefficient (Wildman–Crippen LogP) is 6.53. The first-order chi connectivity index (χ1) is 15.6. The zero-order valence-electron chi connectivity index (χ0n) is 17.9. The van der Waals surface area contributed by atoms with Crippen LogP contribution in [0.4, 0.5) is 19.0 Å². The second-order valence-electron chi connectivity index (χ2n) is 8.33. The third-order valence-corrected chi connectivity index (χ3v) is 6.76.